The van der Waals surface area contributed by atoms with E-state index in [1.54, 1.807) is 0 Å². The van der Waals surface area contributed by atoms with Gasteiger partial charge in [0.1, 0.15) is 0 Å². The molecule has 0 spiro atoms. The van der Waals surface area contributed by atoms with Gasteiger partial charge in [-0.25, -0.2) is 0 Å². The average molecular weight is 254 g/mol. The highest BCUT2D eigenvalue weighted by Crippen LogP contribution is 2.27. The van der Waals surface area contributed by atoms with Gasteiger partial charge in [-0.15, -0.1) is 24.0 Å². The molecule has 10 heavy (non-hydrogen) atoms. The molecule has 2 heteroatoms. The van der Waals surface area contributed by atoms with Crippen LogP contribution in [0.1, 0.15) is 26.7 Å². The minimum atomic E-state index is 0. The minimum Gasteiger partial charge on any atom is -0.367 e. The van der Waals surface area contributed by atoms with E-state index in [0.29, 0.717) is 12.2 Å². The summed E-state index contributed by atoms with van der Waals surface area (Å²) >= 11 is 0. The molecule has 0 N–H and O–H groups in total. The van der Waals surface area contributed by atoms with E-state index < -0.39 is 0 Å². The van der Waals surface area contributed by atoms with E-state index in [9.17, 15) is 0 Å². The second-order valence-corrected chi connectivity index (χ2v) is 2.18. The summed E-state index contributed by atoms with van der Waals surface area (Å²) < 4.78 is 5.36. The van der Waals surface area contributed by atoms with Crippen molar-refractivity contribution in [2.75, 3.05) is 0 Å². The zero-order valence-corrected chi connectivity index (χ0v) is 8.87. The van der Waals surface area contributed by atoms with E-state index in [2.05, 4.69) is 12.2 Å². The van der Waals surface area contributed by atoms with Gasteiger partial charge in [0, 0.05) is 0 Å². The number of hydrogen-bond donors (Lipinski definition) is 0. The van der Waals surface area contributed by atoms with Crippen LogP contribution in [0.3, 0.4) is 0 Å². The highest BCUT2D eigenvalue weighted by Gasteiger charge is 2.25. The van der Waals surface area contributed by atoms with Crippen molar-refractivity contribution in [2.45, 2.75) is 38.9 Å². The molecule has 0 saturated carbocycles. The van der Waals surface area contributed by atoms with Crippen LogP contribution < -0.4 is 0 Å². The highest BCUT2D eigenvalue weighted by molar-refractivity contribution is 14.0. The average Bonchev–Trinajstić information content (AvgIpc) is 2.53. The molecule has 0 aromatic carbocycles. The largest absolute Gasteiger partial charge is 0.367 e. The Morgan fingerprint density at radius 2 is 1.50 bits per heavy atom. The normalized spacial score (nSPS) is 32.6. The van der Waals surface area contributed by atoms with Gasteiger partial charge in [0.2, 0.25) is 0 Å². The lowest BCUT2D eigenvalue weighted by Gasteiger charge is -1.93. The summed E-state index contributed by atoms with van der Waals surface area (Å²) in [6.07, 6.45) is 7.81. The molecule has 0 aromatic rings. The van der Waals surface area contributed by atoms with Crippen molar-refractivity contribution in [3.05, 3.63) is 12.2 Å². The summed E-state index contributed by atoms with van der Waals surface area (Å²) in [4.78, 5) is 0. The summed E-state index contributed by atoms with van der Waals surface area (Å²) in [6.45, 7) is 4.00. The Kier molecular flexibility index (Phi) is 5.35. The van der Waals surface area contributed by atoms with Crippen molar-refractivity contribution in [3.63, 3.8) is 0 Å². The van der Waals surface area contributed by atoms with Crippen LogP contribution in [0, 0.1) is 0 Å². The van der Waals surface area contributed by atoms with Crippen LogP contribution in [0.5, 0.6) is 0 Å². The smallest absolute Gasteiger partial charge is 0.0765 e. The Labute approximate surface area is 79.9 Å². The van der Waals surface area contributed by atoms with Crippen LogP contribution in [0.2, 0.25) is 0 Å². The third kappa shape index (κ3) is 2.23. The van der Waals surface area contributed by atoms with E-state index in [1.807, 2.05) is 13.8 Å². The summed E-state index contributed by atoms with van der Waals surface area (Å²) in [5, 5.41) is 0. The highest BCUT2D eigenvalue weighted by atomic mass is 127. The topological polar surface area (TPSA) is 9.23 Å². The molecule has 1 saturated heterocycles. The zero-order chi connectivity index (χ0) is 6.69. The van der Waals surface area contributed by atoms with Crippen molar-refractivity contribution >= 4 is 24.0 Å². The minimum absolute atomic E-state index is 0. The second kappa shape index (κ2) is 5.13. The van der Waals surface area contributed by atoms with Crippen molar-refractivity contribution in [1.82, 2.24) is 0 Å². The molecule has 2 bridgehead atoms. The third-order valence-electron chi connectivity index (χ3n) is 1.63. The molecule has 1 nitrogen and oxygen atoms in total. The molecule has 0 amide bonds. The van der Waals surface area contributed by atoms with Gasteiger partial charge in [-0.1, -0.05) is 26.0 Å². The second-order valence-electron chi connectivity index (χ2n) is 2.18. The molecule has 2 aliphatic rings. The van der Waals surface area contributed by atoms with Gasteiger partial charge in [-0.3, -0.25) is 0 Å². The van der Waals surface area contributed by atoms with E-state index in [-0.39, 0.29) is 24.0 Å². The van der Waals surface area contributed by atoms with Crippen molar-refractivity contribution < 1.29 is 4.74 Å². The van der Waals surface area contributed by atoms with Crippen LogP contribution in [-0.4, -0.2) is 12.2 Å². The first-order chi connectivity index (χ1) is 4.45. The Balaban J connectivity index is 0.000000251. The first-order valence-corrected chi connectivity index (χ1v) is 3.79. The van der Waals surface area contributed by atoms with Gasteiger partial charge in [0.25, 0.3) is 0 Å². The summed E-state index contributed by atoms with van der Waals surface area (Å²) in [5.74, 6) is 0. The van der Waals surface area contributed by atoms with Gasteiger partial charge in [-0.05, 0) is 12.8 Å². The van der Waals surface area contributed by atoms with E-state index in [1.165, 1.54) is 12.8 Å². The lowest BCUT2D eigenvalue weighted by Crippen LogP contribution is -1.95. The maximum atomic E-state index is 5.36. The van der Waals surface area contributed by atoms with Crippen LogP contribution >= 0.6 is 24.0 Å². The van der Waals surface area contributed by atoms with Crippen LogP contribution in [0.15, 0.2) is 12.2 Å². The van der Waals surface area contributed by atoms with E-state index >= 15 is 0 Å². The fourth-order valence-corrected chi connectivity index (χ4v) is 1.22. The van der Waals surface area contributed by atoms with Crippen LogP contribution in [0.4, 0.5) is 0 Å². The predicted octanol–water partition coefficient (Wildman–Crippen LogP) is 2.75. The fourth-order valence-electron chi connectivity index (χ4n) is 1.22. The van der Waals surface area contributed by atoms with Crippen molar-refractivity contribution in [2.24, 2.45) is 0 Å². The van der Waals surface area contributed by atoms with Crippen molar-refractivity contribution in [3.8, 4) is 0 Å². The first kappa shape index (κ1) is 10.4. The van der Waals surface area contributed by atoms with Gasteiger partial charge in [-0.2, -0.15) is 0 Å². The molecular formula is C8H15IO. The number of ether oxygens (including phenoxy) is 1. The summed E-state index contributed by atoms with van der Waals surface area (Å²) in [7, 11) is 0. The Morgan fingerprint density at radius 1 is 1.10 bits per heavy atom. The predicted molar refractivity (Wildman–Crippen MR) is 53.8 cm³/mol. The van der Waals surface area contributed by atoms with Crippen molar-refractivity contribution in [1.29, 1.82) is 0 Å². The quantitative estimate of drug-likeness (QED) is 0.477. The number of fused-ring (bicyclic) bond motifs is 2. The van der Waals surface area contributed by atoms with Gasteiger partial charge < -0.3 is 4.74 Å². The van der Waals surface area contributed by atoms with Crippen LogP contribution in [-0.2, 0) is 4.74 Å². The van der Waals surface area contributed by atoms with E-state index in [0.717, 1.165) is 0 Å². The number of hydrogen-bond acceptors (Lipinski definition) is 1. The number of halogens is 1. The molecule has 0 radical (unpaired) electrons. The van der Waals surface area contributed by atoms with E-state index in [4.69, 9.17) is 4.74 Å². The summed E-state index contributed by atoms with van der Waals surface area (Å²) in [6, 6.07) is 0. The Bertz CT molecular complexity index is 99.8. The lowest BCUT2D eigenvalue weighted by molar-refractivity contribution is 0.120. The molecule has 2 aliphatic heterocycles. The van der Waals surface area contributed by atoms with Gasteiger partial charge in [0.05, 0.1) is 12.2 Å². The Hall–Kier alpha value is 0.430. The zero-order valence-electron chi connectivity index (χ0n) is 6.54. The van der Waals surface area contributed by atoms with Gasteiger partial charge >= 0.3 is 0 Å². The van der Waals surface area contributed by atoms with Crippen LogP contribution in [0.25, 0.3) is 0 Å². The standard InChI is InChI=1S/C6H8O.C2H6.HI/c1-2-6-4-3-5(1)7-6;1-2;/h1-2,5-6H,3-4H2;1-2H3;1H. The molecule has 2 unspecified atom stereocenters. The molecular weight excluding hydrogens is 239 g/mol. The first-order valence-electron chi connectivity index (χ1n) is 3.79. The molecule has 0 aromatic heterocycles. The molecule has 2 atom stereocenters. The molecule has 60 valence electrons. The lowest BCUT2D eigenvalue weighted by atomic mass is 10.1. The van der Waals surface area contributed by atoms with Gasteiger partial charge in [0.15, 0.2) is 0 Å². The maximum absolute atomic E-state index is 5.36. The molecule has 2 heterocycles. The monoisotopic (exact) mass is 254 g/mol. The third-order valence-corrected chi connectivity index (χ3v) is 1.63. The Morgan fingerprint density at radius 3 is 1.60 bits per heavy atom. The molecule has 0 aliphatic carbocycles. The molecule has 1 fully saturated rings. The maximum Gasteiger partial charge on any atom is 0.0765 e. The SMILES string of the molecule is C1=CC2CCC1O2.CC.I. The number of rotatable bonds is 0. The summed E-state index contributed by atoms with van der Waals surface area (Å²) in [5.41, 5.74) is 0. The fraction of sp³-hybridized carbons (Fsp3) is 0.750. The molecule has 2 rings (SSSR count).